The Morgan fingerprint density at radius 1 is 1.28 bits per heavy atom. The number of imide groups is 1. The van der Waals surface area contributed by atoms with E-state index in [1.165, 1.54) is 4.90 Å². The minimum Gasteiger partial charge on any atom is -0.329 e. The summed E-state index contributed by atoms with van der Waals surface area (Å²) in [5, 5.41) is 0.622. The molecule has 0 atom stereocenters. The zero-order chi connectivity index (χ0) is 13.1. The highest BCUT2D eigenvalue weighted by atomic mass is 35.5. The molecule has 0 unspecified atom stereocenters. The number of hydrogen-bond donors (Lipinski definition) is 1. The van der Waals surface area contributed by atoms with Crippen molar-refractivity contribution in [2.45, 2.75) is 18.8 Å². The van der Waals surface area contributed by atoms with Gasteiger partial charge in [0.1, 0.15) is 0 Å². The van der Waals surface area contributed by atoms with Crippen LogP contribution in [0.2, 0.25) is 5.02 Å². The summed E-state index contributed by atoms with van der Waals surface area (Å²) in [5.41, 5.74) is 6.33. The first-order valence-electron chi connectivity index (χ1n) is 5.90. The van der Waals surface area contributed by atoms with Crippen molar-refractivity contribution < 1.29 is 9.59 Å². The molecule has 0 spiro atoms. The summed E-state index contributed by atoms with van der Waals surface area (Å²) in [6.45, 7) is 0.610. The van der Waals surface area contributed by atoms with E-state index in [0.29, 0.717) is 31.0 Å². The number of benzene rings is 1. The second-order valence-electron chi connectivity index (χ2n) is 4.39. The molecule has 4 nitrogen and oxygen atoms in total. The van der Waals surface area contributed by atoms with Crippen molar-refractivity contribution in [3.8, 4) is 0 Å². The van der Waals surface area contributed by atoms with Gasteiger partial charge in [0.05, 0.1) is 0 Å². The van der Waals surface area contributed by atoms with Gasteiger partial charge in [-0.3, -0.25) is 14.5 Å². The molecule has 5 heteroatoms. The third-order valence-electron chi connectivity index (χ3n) is 3.12. The second kappa shape index (κ2) is 5.50. The first kappa shape index (κ1) is 13.1. The maximum absolute atomic E-state index is 11.9. The zero-order valence-corrected chi connectivity index (χ0v) is 10.7. The predicted octanol–water partition coefficient (Wildman–Crippen LogP) is 1.53. The van der Waals surface area contributed by atoms with Gasteiger partial charge in [0.25, 0.3) is 0 Å². The predicted molar refractivity (Wildman–Crippen MR) is 69.2 cm³/mol. The van der Waals surface area contributed by atoms with E-state index in [4.69, 9.17) is 17.3 Å². The topological polar surface area (TPSA) is 63.4 Å². The molecule has 1 aromatic rings. The average Bonchev–Trinajstić information content (AvgIpc) is 2.33. The fourth-order valence-electron chi connectivity index (χ4n) is 2.23. The summed E-state index contributed by atoms with van der Waals surface area (Å²) in [4.78, 5) is 25.0. The third-order valence-corrected chi connectivity index (χ3v) is 3.35. The smallest absolute Gasteiger partial charge is 0.229 e. The monoisotopic (exact) mass is 266 g/mol. The molecule has 1 aliphatic heterocycles. The normalized spacial score (nSPS) is 17.3. The van der Waals surface area contributed by atoms with Gasteiger partial charge in [0.2, 0.25) is 11.8 Å². The van der Waals surface area contributed by atoms with Crippen LogP contribution in [-0.2, 0) is 9.59 Å². The summed E-state index contributed by atoms with van der Waals surface area (Å²) in [6, 6.07) is 7.32. The Hall–Kier alpha value is -1.39. The molecule has 0 aliphatic carbocycles. The number of amides is 2. The van der Waals surface area contributed by atoms with E-state index in [9.17, 15) is 9.59 Å². The molecule has 0 aromatic heterocycles. The molecule has 18 heavy (non-hydrogen) atoms. The van der Waals surface area contributed by atoms with E-state index >= 15 is 0 Å². The van der Waals surface area contributed by atoms with E-state index < -0.39 is 0 Å². The highest BCUT2D eigenvalue weighted by molar-refractivity contribution is 6.30. The largest absolute Gasteiger partial charge is 0.329 e. The Morgan fingerprint density at radius 2 is 1.94 bits per heavy atom. The Bertz CT molecular complexity index is 458. The molecule has 0 bridgehead atoms. The molecule has 2 amide bonds. The van der Waals surface area contributed by atoms with Crippen LogP contribution in [0.5, 0.6) is 0 Å². The molecule has 1 aromatic carbocycles. The first-order chi connectivity index (χ1) is 8.61. The maximum atomic E-state index is 11.9. The first-order valence-corrected chi connectivity index (χ1v) is 6.28. The van der Waals surface area contributed by atoms with Crippen molar-refractivity contribution in [3.05, 3.63) is 34.9 Å². The van der Waals surface area contributed by atoms with E-state index in [1.54, 1.807) is 6.07 Å². The van der Waals surface area contributed by atoms with Crippen LogP contribution < -0.4 is 5.73 Å². The molecule has 96 valence electrons. The van der Waals surface area contributed by atoms with E-state index in [-0.39, 0.29) is 17.7 Å². The third kappa shape index (κ3) is 2.71. The minimum atomic E-state index is -0.151. The molecule has 0 saturated carbocycles. The highest BCUT2D eigenvalue weighted by Gasteiger charge is 2.32. The lowest BCUT2D eigenvalue weighted by Crippen LogP contribution is -2.44. The number of halogens is 1. The molecular formula is C13H15ClN2O2. The summed E-state index contributed by atoms with van der Waals surface area (Å²) in [6.07, 6.45) is 0.679. The van der Waals surface area contributed by atoms with Crippen molar-refractivity contribution in [1.29, 1.82) is 0 Å². The maximum Gasteiger partial charge on any atom is 0.229 e. The zero-order valence-electron chi connectivity index (χ0n) is 9.93. The van der Waals surface area contributed by atoms with Gasteiger partial charge in [-0.25, -0.2) is 0 Å². The Labute approximate surface area is 111 Å². The number of carbonyl (C=O) groups is 2. The standard InChI is InChI=1S/C13H15ClN2O2/c14-11-3-1-2-9(6-11)10-7-12(17)16(5-4-15)13(18)8-10/h1-3,6,10H,4-5,7-8,15H2. The van der Waals surface area contributed by atoms with Crippen LogP contribution in [0.4, 0.5) is 0 Å². The van der Waals surface area contributed by atoms with Crippen LogP contribution in [0.25, 0.3) is 0 Å². The SMILES string of the molecule is NCCN1C(=O)CC(c2cccc(Cl)c2)CC1=O. The second-order valence-corrected chi connectivity index (χ2v) is 4.82. The fourth-order valence-corrected chi connectivity index (χ4v) is 2.43. The van der Waals surface area contributed by atoms with Gasteiger partial charge in [-0.05, 0) is 17.7 Å². The molecule has 2 N–H and O–H groups in total. The van der Waals surface area contributed by atoms with E-state index in [0.717, 1.165) is 5.56 Å². The molecular weight excluding hydrogens is 252 g/mol. The minimum absolute atomic E-state index is 0.0716. The van der Waals surface area contributed by atoms with Crippen molar-refractivity contribution >= 4 is 23.4 Å². The number of nitrogens with two attached hydrogens (primary N) is 1. The lowest BCUT2D eigenvalue weighted by molar-refractivity contribution is -0.148. The number of likely N-dealkylation sites (tertiary alicyclic amines) is 1. The molecule has 1 aliphatic rings. The van der Waals surface area contributed by atoms with E-state index in [2.05, 4.69) is 0 Å². The molecule has 1 fully saturated rings. The summed E-state index contributed by atoms with van der Waals surface area (Å²) in [5.74, 6) is -0.374. The van der Waals surface area contributed by atoms with Gasteiger partial charge >= 0.3 is 0 Å². The number of piperidine rings is 1. The number of rotatable bonds is 3. The van der Waals surface area contributed by atoms with Gasteiger partial charge < -0.3 is 5.73 Å². The van der Waals surface area contributed by atoms with Crippen molar-refractivity contribution in [1.82, 2.24) is 4.90 Å². The van der Waals surface area contributed by atoms with Gasteiger partial charge in [0.15, 0.2) is 0 Å². The van der Waals surface area contributed by atoms with Crippen LogP contribution in [-0.4, -0.2) is 29.8 Å². The molecule has 2 rings (SSSR count). The molecule has 0 radical (unpaired) electrons. The number of carbonyl (C=O) groups excluding carboxylic acids is 2. The molecule has 1 heterocycles. The van der Waals surface area contributed by atoms with Gasteiger partial charge in [-0.1, -0.05) is 23.7 Å². The number of nitrogens with zero attached hydrogens (tertiary/aromatic N) is 1. The summed E-state index contributed by atoms with van der Waals surface area (Å²) >= 11 is 5.92. The average molecular weight is 267 g/mol. The molecule has 1 saturated heterocycles. The summed E-state index contributed by atoms with van der Waals surface area (Å²) < 4.78 is 0. The fraction of sp³-hybridized carbons (Fsp3) is 0.385. The Morgan fingerprint density at radius 3 is 2.50 bits per heavy atom. The van der Waals surface area contributed by atoms with Gasteiger partial charge in [0, 0.05) is 36.9 Å². The van der Waals surface area contributed by atoms with Crippen molar-refractivity contribution in [2.24, 2.45) is 5.73 Å². The Kier molecular flexibility index (Phi) is 3.99. The number of hydrogen-bond acceptors (Lipinski definition) is 3. The lowest BCUT2D eigenvalue weighted by atomic mass is 9.88. The van der Waals surface area contributed by atoms with Gasteiger partial charge in [-0.15, -0.1) is 0 Å². The van der Waals surface area contributed by atoms with Crippen LogP contribution in [0.1, 0.15) is 24.3 Å². The van der Waals surface area contributed by atoms with Crippen LogP contribution in [0, 0.1) is 0 Å². The van der Waals surface area contributed by atoms with Gasteiger partial charge in [-0.2, -0.15) is 0 Å². The van der Waals surface area contributed by atoms with E-state index in [1.807, 2.05) is 18.2 Å². The van der Waals surface area contributed by atoms with Crippen LogP contribution >= 0.6 is 11.6 Å². The summed E-state index contributed by atoms with van der Waals surface area (Å²) in [7, 11) is 0. The van der Waals surface area contributed by atoms with Crippen LogP contribution in [0.15, 0.2) is 24.3 Å². The highest BCUT2D eigenvalue weighted by Crippen LogP contribution is 2.30. The quantitative estimate of drug-likeness (QED) is 0.844. The van der Waals surface area contributed by atoms with Crippen molar-refractivity contribution in [3.63, 3.8) is 0 Å². The lowest BCUT2D eigenvalue weighted by Gasteiger charge is -2.30. The Balaban J connectivity index is 2.15. The van der Waals surface area contributed by atoms with Crippen LogP contribution in [0.3, 0.4) is 0 Å². The van der Waals surface area contributed by atoms with Crippen molar-refractivity contribution in [2.75, 3.05) is 13.1 Å².